The van der Waals surface area contributed by atoms with E-state index in [-0.39, 0.29) is 36.8 Å². The number of terminal acetylenes is 1. The van der Waals surface area contributed by atoms with Gasteiger partial charge in [-0.1, -0.05) is 55.0 Å². The number of ether oxygens (including phenoxy) is 1. The molecule has 0 spiro atoms. The van der Waals surface area contributed by atoms with Crippen molar-refractivity contribution in [2.75, 3.05) is 6.61 Å². The molecule has 2 aliphatic carbocycles. The maximum atomic E-state index is 12.6. The number of rotatable bonds is 7. The van der Waals surface area contributed by atoms with Crippen LogP contribution in [0.3, 0.4) is 0 Å². The molecule has 3 N–H and O–H groups in total. The van der Waals surface area contributed by atoms with Crippen molar-refractivity contribution in [1.82, 2.24) is 10.6 Å². The molecular weight excluding hydrogens is 432 g/mol. The van der Waals surface area contributed by atoms with Crippen molar-refractivity contribution in [3.8, 4) is 23.5 Å². The fraction of sp³-hybridized carbons (Fsp3) is 0.370. The number of amides is 2. The predicted octanol–water partition coefficient (Wildman–Crippen LogP) is 3.68. The molecule has 176 valence electrons. The Bertz CT molecular complexity index is 1080. The second-order valence-electron chi connectivity index (χ2n) is 8.84. The lowest BCUT2D eigenvalue weighted by Gasteiger charge is -2.29. The number of carbonyl (C=O) groups is 3. The van der Waals surface area contributed by atoms with Crippen molar-refractivity contribution in [2.45, 2.75) is 50.1 Å². The third-order valence-corrected chi connectivity index (χ3v) is 6.65. The second-order valence-corrected chi connectivity index (χ2v) is 8.84. The Balaban J connectivity index is 1.32. The number of carbonyl (C=O) groups excluding carboxylic acids is 2. The van der Waals surface area contributed by atoms with Crippen LogP contribution in [0.1, 0.15) is 49.1 Å². The summed E-state index contributed by atoms with van der Waals surface area (Å²) in [6, 6.07) is 15.0. The molecule has 0 saturated heterocycles. The summed E-state index contributed by atoms with van der Waals surface area (Å²) < 4.78 is 5.62. The summed E-state index contributed by atoms with van der Waals surface area (Å²) in [6.07, 6.45) is 7.17. The van der Waals surface area contributed by atoms with Crippen LogP contribution >= 0.6 is 0 Å². The van der Waals surface area contributed by atoms with E-state index in [1.54, 1.807) is 0 Å². The maximum absolute atomic E-state index is 12.6. The topological polar surface area (TPSA) is 105 Å². The summed E-state index contributed by atoms with van der Waals surface area (Å²) in [6.45, 7) is 0.225. The molecule has 3 atom stereocenters. The summed E-state index contributed by atoms with van der Waals surface area (Å²) in [5, 5.41) is 14.6. The van der Waals surface area contributed by atoms with Gasteiger partial charge < -0.3 is 20.5 Å². The first kappa shape index (κ1) is 23.4. The number of carboxylic acid groups (broad SMARTS) is 1. The van der Waals surface area contributed by atoms with Gasteiger partial charge in [0.15, 0.2) is 0 Å². The van der Waals surface area contributed by atoms with Gasteiger partial charge in [-0.2, -0.15) is 0 Å². The minimum Gasteiger partial charge on any atom is -0.480 e. The lowest BCUT2D eigenvalue weighted by Crippen LogP contribution is -2.47. The molecule has 2 aliphatic rings. The Labute approximate surface area is 198 Å². The minimum absolute atomic E-state index is 0.0212. The Morgan fingerprint density at radius 1 is 1.06 bits per heavy atom. The van der Waals surface area contributed by atoms with E-state index in [2.05, 4.69) is 40.8 Å². The number of benzene rings is 2. The van der Waals surface area contributed by atoms with Crippen LogP contribution in [0.15, 0.2) is 48.5 Å². The number of nitrogens with one attached hydrogen (secondary N) is 2. The summed E-state index contributed by atoms with van der Waals surface area (Å²) >= 11 is 0. The lowest BCUT2D eigenvalue weighted by atomic mass is 9.85. The third kappa shape index (κ3) is 5.07. The molecule has 34 heavy (non-hydrogen) atoms. The highest BCUT2D eigenvalue weighted by atomic mass is 16.5. The highest BCUT2D eigenvalue weighted by Crippen LogP contribution is 2.44. The minimum atomic E-state index is -1.16. The van der Waals surface area contributed by atoms with E-state index in [0.29, 0.717) is 12.8 Å². The number of alkyl carbamates (subject to hydrolysis) is 1. The van der Waals surface area contributed by atoms with Gasteiger partial charge in [0.25, 0.3) is 0 Å². The zero-order chi connectivity index (χ0) is 24.1. The first-order valence-corrected chi connectivity index (χ1v) is 11.6. The van der Waals surface area contributed by atoms with Gasteiger partial charge in [-0.05, 0) is 41.5 Å². The van der Waals surface area contributed by atoms with Gasteiger partial charge in [-0.15, -0.1) is 12.3 Å². The highest BCUT2D eigenvalue weighted by Gasteiger charge is 2.32. The van der Waals surface area contributed by atoms with Crippen molar-refractivity contribution in [3.63, 3.8) is 0 Å². The zero-order valence-corrected chi connectivity index (χ0v) is 18.8. The van der Waals surface area contributed by atoms with Crippen LogP contribution in [0.25, 0.3) is 11.1 Å². The normalized spacial score (nSPS) is 19.7. The monoisotopic (exact) mass is 460 g/mol. The molecule has 0 aromatic heterocycles. The van der Waals surface area contributed by atoms with E-state index < -0.39 is 18.1 Å². The van der Waals surface area contributed by atoms with Crippen molar-refractivity contribution in [2.24, 2.45) is 5.92 Å². The largest absolute Gasteiger partial charge is 0.480 e. The Hall–Kier alpha value is -3.79. The molecule has 2 aromatic rings. The van der Waals surface area contributed by atoms with Crippen molar-refractivity contribution >= 4 is 18.0 Å². The third-order valence-electron chi connectivity index (χ3n) is 6.65. The average molecular weight is 461 g/mol. The quantitative estimate of drug-likeness (QED) is 0.547. The molecule has 0 bridgehead atoms. The van der Waals surface area contributed by atoms with Crippen LogP contribution in [0, 0.1) is 18.3 Å². The smallest absolute Gasteiger partial charge is 0.407 e. The molecule has 0 heterocycles. The van der Waals surface area contributed by atoms with Gasteiger partial charge in [0.05, 0.1) is 0 Å². The first-order valence-electron chi connectivity index (χ1n) is 11.6. The van der Waals surface area contributed by atoms with Gasteiger partial charge in [-0.3, -0.25) is 4.79 Å². The van der Waals surface area contributed by atoms with Crippen LogP contribution in [0.2, 0.25) is 0 Å². The predicted molar refractivity (Wildman–Crippen MR) is 127 cm³/mol. The Kier molecular flexibility index (Phi) is 7.17. The molecule has 0 aliphatic heterocycles. The van der Waals surface area contributed by atoms with Crippen molar-refractivity contribution < 1.29 is 24.2 Å². The summed E-state index contributed by atoms with van der Waals surface area (Å²) in [7, 11) is 0. The average Bonchev–Trinajstić information content (AvgIpc) is 3.16. The molecule has 4 rings (SSSR count). The SMILES string of the molecule is C#CCC(NC(=O)[C@H]1CCC[C@@H](NC(=O)OCC2c3ccccc3-c3ccccc32)C1)C(=O)O. The van der Waals surface area contributed by atoms with E-state index in [0.717, 1.165) is 35.1 Å². The number of carboxylic acids is 1. The van der Waals surface area contributed by atoms with E-state index in [1.807, 2.05) is 24.3 Å². The van der Waals surface area contributed by atoms with E-state index >= 15 is 0 Å². The fourth-order valence-corrected chi connectivity index (χ4v) is 4.97. The second kappa shape index (κ2) is 10.4. The number of hydrogen-bond donors (Lipinski definition) is 3. The fourth-order valence-electron chi connectivity index (χ4n) is 4.97. The van der Waals surface area contributed by atoms with Gasteiger partial charge in [-0.25, -0.2) is 9.59 Å². The van der Waals surface area contributed by atoms with E-state index in [9.17, 15) is 19.5 Å². The number of fused-ring (bicyclic) bond motifs is 3. The molecular formula is C27H28N2O5. The lowest BCUT2D eigenvalue weighted by molar-refractivity contribution is -0.142. The highest BCUT2D eigenvalue weighted by molar-refractivity contribution is 5.85. The molecule has 2 aromatic carbocycles. The van der Waals surface area contributed by atoms with Gasteiger partial charge in [0.2, 0.25) is 5.91 Å². The molecule has 0 radical (unpaired) electrons. The van der Waals surface area contributed by atoms with Gasteiger partial charge in [0, 0.05) is 24.3 Å². The summed E-state index contributed by atoms with van der Waals surface area (Å²) in [4.78, 5) is 36.4. The standard InChI is InChI=1S/C27H28N2O5/c1-2-8-24(26(31)32)29-25(30)17-9-7-10-18(15-17)28-27(33)34-16-23-21-13-5-3-11-19(21)20-12-4-6-14-22(20)23/h1,3-6,11-14,17-18,23-24H,7-10,15-16H2,(H,28,33)(H,29,30)(H,31,32)/t17-,18+,24?/m0/s1. The summed E-state index contributed by atoms with van der Waals surface area (Å²) in [5.74, 6) is 0.367. The van der Waals surface area contributed by atoms with Gasteiger partial charge >= 0.3 is 12.1 Å². The Morgan fingerprint density at radius 2 is 1.71 bits per heavy atom. The van der Waals surface area contributed by atoms with Gasteiger partial charge in [0.1, 0.15) is 12.6 Å². The van der Waals surface area contributed by atoms with Crippen LogP contribution in [0.4, 0.5) is 4.79 Å². The van der Waals surface area contributed by atoms with Crippen LogP contribution in [-0.4, -0.2) is 41.8 Å². The van der Waals surface area contributed by atoms with E-state index in [4.69, 9.17) is 11.2 Å². The number of aliphatic carboxylic acids is 1. The van der Waals surface area contributed by atoms with Crippen molar-refractivity contribution in [1.29, 1.82) is 0 Å². The molecule has 7 heteroatoms. The molecule has 2 amide bonds. The maximum Gasteiger partial charge on any atom is 0.407 e. The molecule has 1 saturated carbocycles. The zero-order valence-electron chi connectivity index (χ0n) is 18.8. The van der Waals surface area contributed by atoms with E-state index in [1.165, 1.54) is 0 Å². The Morgan fingerprint density at radius 3 is 2.32 bits per heavy atom. The summed E-state index contributed by atoms with van der Waals surface area (Å²) in [5.41, 5.74) is 4.62. The molecule has 7 nitrogen and oxygen atoms in total. The molecule has 1 fully saturated rings. The number of hydrogen-bond acceptors (Lipinski definition) is 4. The first-order chi connectivity index (χ1) is 16.5. The molecule has 1 unspecified atom stereocenters. The van der Waals surface area contributed by atoms with Crippen LogP contribution in [-0.2, 0) is 14.3 Å². The van der Waals surface area contributed by atoms with Crippen molar-refractivity contribution in [3.05, 3.63) is 59.7 Å². The van der Waals surface area contributed by atoms with Crippen LogP contribution in [0.5, 0.6) is 0 Å². The van der Waals surface area contributed by atoms with Crippen LogP contribution < -0.4 is 10.6 Å².